The molecule has 0 bridgehead atoms. The summed E-state index contributed by atoms with van der Waals surface area (Å²) in [5.41, 5.74) is 0.478. The Balaban J connectivity index is 1.64. The van der Waals surface area contributed by atoms with Crippen LogP contribution >= 0.6 is 0 Å². The minimum absolute atomic E-state index is 0.00904. The summed E-state index contributed by atoms with van der Waals surface area (Å²) in [4.78, 5) is 23.5. The van der Waals surface area contributed by atoms with Crippen LogP contribution in [0.5, 0.6) is 0 Å². The van der Waals surface area contributed by atoms with E-state index in [2.05, 4.69) is 15.7 Å². The maximum Gasteiger partial charge on any atom is 0.243 e. The van der Waals surface area contributed by atoms with Gasteiger partial charge < -0.3 is 15.1 Å². The third kappa shape index (κ3) is 5.13. The zero-order valence-corrected chi connectivity index (χ0v) is 17.2. The lowest BCUT2D eigenvalue weighted by atomic mass is 10.3. The van der Waals surface area contributed by atoms with Crippen LogP contribution in [0.3, 0.4) is 0 Å². The number of rotatable bonds is 8. The van der Waals surface area contributed by atoms with Crippen LogP contribution in [-0.4, -0.2) is 47.9 Å². The van der Waals surface area contributed by atoms with Crippen LogP contribution in [0.2, 0.25) is 0 Å². The van der Waals surface area contributed by atoms with Gasteiger partial charge in [-0.2, -0.15) is 9.40 Å². The fourth-order valence-corrected chi connectivity index (χ4v) is 3.81. The summed E-state index contributed by atoms with van der Waals surface area (Å²) in [6.07, 6.45) is 3.06. The highest BCUT2D eigenvalue weighted by molar-refractivity contribution is 7.89. The first-order valence-electron chi connectivity index (χ1n) is 8.94. The van der Waals surface area contributed by atoms with E-state index >= 15 is 0 Å². The lowest BCUT2D eigenvalue weighted by Crippen LogP contribution is -2.35. The summed E-state index contributed by atoms with van der Waals surface area (Å²) < 4.78 is 33.2. The van der Waals surface area contributed by atoms with E-state index < -0.39 is 15.9 Å². The summed E-state index contributed by atoms with van der Waals surface area (Å²) in [7, 11) is -2.57. The van der Waals surface area contributed by atoms with E-state index in [1.54, 1.807) is 24.5 Å². The fraction of sp³-hybridized carbons (Fsp3) is 0.211. The minimum Gasteiger partial charge on any atom is -0.467 e. The van der Waals surface area contributed by atoms with Gasteiger partial charge in [-0.05, 0) is 36.4 Å². The number of anilines is 2. The van der Waals surface area contributed by atoms with Crippen molar-refractivity contribution in [3.05, 3.63) is 60.7 Å². The van der Waals surface area contributed by atoms with Gasteiger partial charge in [0.15, 0.2) is 0 Å². The number of furan rings is 1. The molecule has 0 radical (unpaired) electrons. The van der Waals surface area contributed by atoms with Crippen LogP contribution < -0.4 is 10.6 Å². The molecular formula is C19H21N5O5S. The van der Waals surface area contributed by atoms with Crippen molar-refractivity contribution in [2.45, 2.75) is 18.4 Å². The topological polar surface area (TPSA) is 127 Å². The van der Waals surface area contributed by atoms with Crippen LogP contribution in [0.4, 0.5) is 11.5 Å². The van der Waals surface area contributed by atoms with Gasteiger partial charge in [0, 0.05) is 25.7 Å². The normalized spacial score (nSPS) is 11.4. The van der Waals surface area contributed by atoms with Crippen LogP contribution in [0.15, 0.2) is 64.2 Å². The summed E-state index contributed by atoms with van der Waals surface area (Å²) >= 11 is 0. The quantitative estimate of drug-likeness (QED) is 0.559. The van der Waals surface area contributed by atoms with Gasteiger partial charge in [-0.25, -0.2) is 13.1 Å². The molecule has 2 N–H and O–H groups in total. The molecule has 158 valence electrons. The Hall–Kier alpha value is -3.44. The number of hydrogen-bond donors (Lipinski definition) is 2. The molecule has 2 heterocycles. The highest BCUT2D eigenvalue weighted by atomic mass is 32.2. The Morgan fingerprint density at radius 1 is 1.13 bits per heavy atom. The average molecular weight is 431 g/mol. The Labute approximate surface area is 173 Å². The number of benzene rings is 1. The molecule has 3 rings (SSSR count). The number of nitrogens with one attached hydrogen (secondary N) is 2. The second kappa shape index (κ2) is 8.93. The van der Waals surface area contributed by atoms with Gasteiger partial charge in [0.25, 0.3) is 0 Å². The second-order valence-electron chi connectivity index (χ2n) is 6.47. The zero-order chi connectivity index (χ0) is 21.7. The van der Waals surface area contributed by atoms with Gasteiger partial charge in [0.1, 0.15) is 18.1 Å². The predicted octanol–water partition coefficient (Wildman–Crippen LogP) is 1.74. The van der Waals surface area contributed by atoms with Crippen molar-refractivity contribution in [3.8, 4) is 0 Å². The maximum absolute atomic E-state index is 12.7. The van der Waals surface area contributed by atoms with Crippen molar-refractivity contribution in [3.63, 3.8) is 0 Å². The molecular weight excluding hydrogens is 410 g/mol. The number of nitrogens with zero attached hydrogens (tertiary/aromatic N) is 3. The lowest BCUT2D eigenvalue weighted by Gasteiger charge is -2.17. The smallest absolute Gasteiger partial charge is 0.243 e. The van der Waals surface area contributed by atoms with Gasteiger partial charge >= 0.3 is 0 Å². The summed E-state index contributed by atoms with van der Waals surface area (Å²) in [6.45, 7) is 1.30. The molecule has 0 spiro atoms. The standard InChI is InChI=1S/C19H21N5O5S/c1-14(25)21-15-5-7-17(8-6-15)30(27,28)23(2)13-19(26)22-18-9-10-20-24(18)12-16-4-3-11-29-16/h3-11H,12-13H2,1-2H3,(H,21,25)(H,22,26). The summed E-state index contributed by atoms with van der Waals surface area (Å²) in [5.74, 6) is 0.307. The van der Waals surface area contributed by atoms with Crippen molar-refractivity contribution in [2.75, 3.05) is 24.2 Å². The first kappa shape index (κ1) is 21.3. The number of likely N-dealkylation sites (N-methyl/N-ethyl adjacent to an activating group) is 1. The number of aromatic nitrogens is 2. The van der Waals surface area contributed by atoms with Gasteiger partial charge in [0.2, 0.25) is 21.8 Å². The molecule has 0 unspecified atom stereocenters. The SMILES string of the molecule is CC(=O)Nc1ccc(S(=O)(=O)N(C)CC(=O)Nc2ccnn2Cc2ccco2)cc1. The van der Waals surface area contributed by atoms with E-state index in [1.165, 1.54) is 49.1 Å². The highest BCUT2D eigenvalue weighted by Gasteiger charge is 2.23. The van der Waals surface area contributed by atoms with Crippen molar-refractivity contribution in [2.24, 2.45) is 0 Å². The number of amides is 2. The molecule has 1 aromatic carbocycles. The first-order valence-corrected chi connectivity index (χ1v) is 10.4. The Bertz CT molecular complexity index is 1120. The second-order valence-corrected chi connectivity index (χ2v) is 8.51. The highest BCUT2D eigenvalue weighted by Crippen LogP contribution is 2.18. The van der Waals surface area contributed by atoms with Gasteiger partial charge in [0.05, 0.1) is 23.9 Å². The van der Waals surface area contributed by atoms with Gasteiger partial charge in [-0.15, -0.1) is 0 Å². The zero-order valence-electron chi connectivity index (χ0n) is 16.4. The summed E-state index contributed by atoms with van der Waals surface area (Å²) in [6, 6.07) is 10.8. The molecule has 30 heavy (non-hydrogen) atoms. The third-order valence-electron chi connectivity index (χ3n) is 4.12. The van der Waals surface area contributed by atoms with Gasteiger partial charge in [-0.3, -0.25) is 9.59 Å². The first-order chi connectivity index (χ1) is 14.3. The van der Waals surface area contributed by atoms with Crippen molar-refractivity contribution in [1.29, 1.82) is 0 Å². The van der Waals surface area contributed by atoms with Crippen LogP contribution in [0, 0.1) is 0 Å². The molecule has 0 atom stereocenters. The van der Waals surface area contributed by atoms with E-state index in [0.717, 1.165) is 4.31 Å². The van der Waals surface area contributed by atoms with Crippen molar-refractivity contribution >= 4 is 33.3 Å². The lowest BCUT2D eigenvalue weighted by molar-refractivity contribution is -0.116. The molecule has 0 saturated heterocycles. The molecule has 0 saturated carbocycles. The minimum atomic E-state index is -3.89. The predicted molar refractivity (Wildman–Crippen MR) is 109 cm³/mol. The van der Waals surface area contributed by atoms with E-state index in [1.807, 2.05) is 0 Å². The molecule has 2 aromatic heterocycles. The van der Waals surface area contributed by atoms with E-state index in [4.69, 9.17) is 4.42 Å². The Morgan fingerprint density at radius 3 is 2.50 bits per heavy atom. The number of hydrogen-bond acceptors (Lipinski definition) is 6. The van der Waals surface area contributed by atoms with E-state index in [-0.39, 0.29) is 17.3 Å². The van der Waals surface area contributed by atoms with E-state index in [0.29, 0.717) is 23.8 Å². The Kier molecular flexibility index (Phi) is 6.33. The molecule has 3 aromatic rings. The molecule has 0 aliphatic heterocycles. The molecule has 0 aliphatic rings. The Morgan fingerprint density at radius 2 is 1.87 bits per heavy atom. The molecule has 0 fully saturated rings. The largest absolute Gasteiger partial charge is 0.467 e. The molecule has 11 heteroatoms. The van der Waals surface area contributed by atoms with E-state index in [9.17, 15) is 18.0 Å². The number of carbonyl (C=O) groups is 2. The van der Waals surface area contributed by atoms with Crippen LogP contribution in [0.1, 0.15) is 12.7 Å². The molecule has 0 aliphatic carbocycles. The summed E-state index contributed by atoms with van der Waals surface area (Å²) in [5, 5.41) is 9.35. The van der Waals surface area contributed by atoms with Crippen molar-refractivity contribution < 1.29 is 22.4 Å². The monoisotopic (exact) mass is 431 g/mol. The number of sulfonamides is 1. The fourth-order valence-electron chi connectivity index (χ4n) is 2.68. The third-order valence-corrected chi connectivity index (χ3v) is 5.94. The van der Waals surface area contributed by atoms with Crippen molar-refractivity contribution in [1.82, 2.24) is 14.1 Å². The maximum atomic E-state index is 12.7. The molecule has 10 nitrogen and oxygen atoms in total. The number of carbonyl (C=O) groups excluding carboxylic acids is 2. The average Bonchev–Trinajstić information content (AvgIpc) is 3.34. The van der Waals surface area contributed by atoms with Crippen LogP contribution in [-0.2, 0) is 26.2 Å². The molecule has 2 amide bonds. The van der Waals surface area contributed by atoms with Gasteiger partial charge in [-0.1, -0.05) is 0 Å². The van der Waals surface area contributed by atoms with Crippen LogP contribution in [0.25, 0.3) is 0 Å².